The maximum absolute atomic E-state index is 13.3. The molecule has 2 aromatic carbocycles. The number of nitrogens with one attached hydrogen (secondary N) is 1. The molecule has 2 aromatic rings. The minimum absolute atomic E-state index is 0.0582. The van der Waals surface area contributed by atoms with Crippen molar-refractivity contribution in [1.82, 2.24) is 0 Å². The third kappa shape index (κ3) is 3.15. The average molecular weight is 295 g/mol. The van der Waals surface area contributed by atoms with Crippen LogP contribution in [0, 0.1) is 12.7 Å². The van der Waals surface area contributed by atoms with E-state index in [2.05, 4.69) is 4.72 Å². The summed E-state index contributed by atoms with van der Waals surface area (Å²) in [5.74, 6) is -0.637. The fraction of sp³-hybridized carbons (Fsp3) is 0.143. The molecule has 0 radical (unpaired) electrons. The van der Waals surface area contributed by atoms with E-state index in [0.29, 0.717) is 5.69 Å². The highest BCUT2D eigenvalue weighted by molar-refractivity contribution is 7.92. The lowest BCUT2D eigenvalue weighted by Crippen LogP contribution is -2.13. The minimum atomic E-state index is -3.81. The molecule has 0 saturated heterocycles. The largest absolute Gasteiger partial charge is 0.392 e. The predicted molar refractivity (Wildman–Crippen MR) is 74.3 cm³/mol. The number of rotatable bonds is 4. The Kier molecular flexibility index (Phi) is 4.06. The molecule has 2 N–H and O–H groups in total. The van der Waals surface area contributed by atoms with Crippen LogP contribution in [0.5, 0.6) is 0 Å². The molecule has 2 rings (SSSR count). The van der Waals surface area contributed by atoms with Crippen LogP contribution in [0.1, 0.15) is 11.1 Å². The number of benzene rings is 2. The van der Waals surface area contributed by atoms with Gasteiger partial charge in [0.05, 0.1) is 11.5 Å². The highest BCUT2D eigenvalue weighted by atomic mass is 32.2. The van der Waals surface area contributed by atoms with Gasteiger partial charge in [-0.2, -0.15) is 0 Å². The Labute approximate surface area is 116 Å². The molecule has 0 aromatic heterocycles. The second-order valence-electron chi connectivity index (χ2n) is 4.39. The maximum Gasteiger partial charge on any atom is 0.261 e. The fourth-order valence-electron chi connectivity index (χ4n) is 1.76. The van der Waals surface area contributed by atoms with Crippen LogP contribution in [-0.2, 0) is 16.6 Å². The third-order valence-corrected chi connectivity index (χ3v) is 4.15. The summed E-state index contributed by atoms with van der Waals surface area (Å²) in [7, 11) is -3.81. The second kappa shape index (κ2) is 5.60. The highest BCUT2D eigenvalue weighted by Crippen LogP contribution is 2.19. The SMILES string of the molecule is Cc1cccc(NS(=O)(=O)c2ccc(F)c(CO)c2)c1. The van der Waals surface area contributed by atoms with Crippen LogP contribution >= 0.6 is 0 Å². The van der Waals surface area contributed by atoms with Crippen LogP contribution < -0.4 is 4.72 Å². The Balaban J connectivity index is 2.35. The summed E-state index contributed by atoms with van der Waals surface area (Å²) < 4.78 is 40.0. The first-order chi connectivity index (χ1) is 9.42. The van der Waals surface area contributed by atoms with Crippen molar-refractivity contribution >= 4 is 15.7 Å². The smallest absolute Gasteiger partial charge is 0.261 e. The van der Waals surface area contributed by atoms with E-state index >= 15 is 0 Å². The van der Waals surface area contributed by atoms with E-state index in [0.717, 1.165) is 23.8 Å². The normalized spacial score (nSPS) is 11.3. The second-order valence-corrected chi connectivity index (χ2v) is 6.07. The summed E-state index contributed by atoms with van der Waals surface area (Å²) in [5, 5.41) is 8.98. The summed E-state index contributed by atoms with van der Waals surface area (Å²) in [4.78, 5) is -0.0931. The van der Waals surface area contributed by atoms with Crippen LogP contribution in [0.25, 0.3) is 0 Å². The van der Waals surface area contributed by atoms with Gasteiger partial charge in [-0.1, -0.05) is 12.1 Å². The van der Waals surface area contributed by atoms with E-state index in [4.69, 9.17) is 5.11 Å². The molecule has 0 aliphatic rings. The Morgan fingerprint density at radius 2 is 1.95 bits per heavy atom. The van der Waals surface area contributed by atoms with Crippen molar-refractivity contribution in [3.63, 3.8) is 0 Å². The van der Waals surface area contributed by atoms with Gasteiger partial charge in [0.2, 0.25) is 0 Å². The van der Waals surface area contributed by atoms with E-state index in [1.165, 1.54) is 0 Å². The topological polar surface area (TPSA) is 66.4 Å². The quantitative estimate of drug-likeness (QED) is 0.910. The lowest BCUT2D eigenvalue weighted by Gasteiger charge is -2.10. The number of hydrogen-bond donors (Lipinski definition) is 2. The van der Waals surface area contributed by atoms with Crippen LogP contribution in [0.2, 0.25) is 0 Å². The number of halogens is 1. The summed E-state index contributed by atoms with van der Waals surface area (Å²) >= 11 is 0. The summed E-state index contributed by atoms with van der Waals surface area (Å²) in [6.45, 7) is 1.29. The molecule has 0 spiro atoms. The van der Waals surface area contributed by atoms with Crippen molar-refractivity contribution in [2.75, 3.05) is 4.72 Å². The van der Waals surface area contributed by atoms with Crippen LogP contribution in [0.4, 0.5) is 10.1 Å². The van der Waals surface area contributed by atoms with Gasteiger partial charge in [-0.05, 0) is 42.8 Å². The van der Waals surface area contributed by atoms with E-state index in [1.807, 2.05) is 13.0 Å². The minimum Gasteiger partial charge on any atom is -0.392 e. The zero-order chi connectivity index (χ0) is 14.8. The van der Waals surface area contributed by atoms with Gasteiger partial charge >= 0.3 is 0 Å². The lowest BCUT2D eigenvalue weighted by atomic mass is 10.2. The van der Waals surface area contributed by atoms with E-state index in [1.54, 1.807) is 18.2 Å². The molecule has 0 amide bonds. The average Bonchev–Trinajstić information content (AvgIpc) is 2.38. The molecule has 0 saturated carbocycles. The monoisotopic (exact) mass is 295 g/mol. The van der Waals surface area contributed by atoms with E-state index < -0.39 is 22.4 Å². The molecule has 0 bridgehead atoms. The molecular formula is C14H14FNO3S. The highest BCUT2D eigenvalue weighted by Gasteiger charge is 2.16. The van der Waals surface area contributed by atoms with Gasteiger partial charge in [-0.3, -0.25) is 4.72 Å². The molecule has 6 heteroatoms. The molecule has 0 aliphatic carbocycles. The molecule has 4 nitrogen and oxygen atoms in total. The fourth-order valence-corrected chi connectivity index (χ4v) is 2.86. The van der Waals surface area contributed by atoms with Crippen molar-refractivity contribution in [3.8, 4) is 0 Å². The first-order valence-electron chi connectivity index (χ1n) is 5.91. The summed E-state index contributed by atoms with van der Waals surface area (Å²) in [6, 6.07) is 10.2. The predicted octanol–water partition coefficient (Wildman–Crippen LogP) is 2.43. The molecule has 0 fully saturated rings. The zero-order valence-electron chi connectivity index (χ0n) is 10.8. The Hall–Kier alpha value is -1.92. The standard InChI is InChI=1S/C14H14FNO3S/c1-10-3-2-4-12(7-10)16-20(18,19)13-5-6-14(15)11(8-13)9-17/h2-8,16-17H,9H2,1H3. The van der Waals surface area contributed by atoms with Gasteiger partial charge < -0.3 is 5.11 Å². The van der Waals surface area contributed by atoms with Crippen molar-refractivity contribution in [1.29, 1.82) is 0 Å². The van der Waals surface area contributed by atoms with Crippen LogP contribution in [0.3, 0.4) is 0 Å². The van der Waals surface area contributed by atoms with Gasteiger partial charge in [0, 0.05) is 11.3 Å². The van der Waals surface area contributed by atoms with E-state index in [9.17, 15) is 12.8 Å². The van der Waals surface area contributed by atoms with Gasteiger partial charge in [0.25, 0.3) is 10.0 Å². The van der Waals surface area contributed by atoms with Crippen molar-refractivity contribution < 1.29 is 17.9 Å². The van der Waals surface area contributed by atoms with Gasteiger partial charge in [0.15, 0.2) is 0 Å². The lowest BCUT2D eigenvalue weighted by molar-refractivity contribution is 0.275. The van der Waals surface area contributed by atoms with Crippen LogP contribution in [-0.4, -0.2) is 13.5 Å². The molecule has 106 valence electrons. The van der Waals surface area contributed by atoms with Gasteiger partial charge in [-0.15, -0.1) is 0 Å². The molecule has 0 atom stereocenters. The first kappa shape index (κ1) is 14.5. The van der Waals surface area contributed by atoms with Crippen LogP contribution in [0.15, 0.2) is 47.4 Å². The number of aliphatic hydroxyl groups is 1. The van der Waals surface area contributed by atoms with Gasteiger partial charge in [-0.25, -0.2) is 12.8 Å². The third-order valence-electron chi connectivity index (χ3n) is 2.77. The Morgan fingerprint density at radius 3 is 2.60 bits per heavy atom. The summed E-state index contributed by atoms with van der Waals surface area (Å²) in [6.07, 6.45) is 0. The number of anilines is 1. The molecule has 0 heterocycles. The Bertz CT molecular complexity index is 729. The summed E-state index contributed by atoms with van der Waals surface area (Å²) in [5.41, 5.74) is 1.29. The maximum atomic E-state index is 13.3. The number of aryl methyl sites for hydroxylation is 1. The van der Waals surface area contributed by atoms with Gasteiger partial charge in [0.1, 0.15) is 5.82 Å². The first-order valence-corrected chi connectivity index (χ1v) is 7.39. The van der Waals surface area contributed by atoms with Crippen molar-refractivity contribution in [3.05, 3.63) is 59.4 Å². The Morgan fingerprint density at radius 1 is 1.20 bits per heavy atom. The van der Waals surface area contributed by atoms with E-state index in [-0.39, 0.29) is 10.5 Å². The van der Waals surface area contributed by atoms with Crippen molar-refractivity contribution in [2.45, 2.75) is 18.4 Å². The molecule has 0 unspecified atom stereocenters. The number of sulfonamides is 1. The number of hydrogen-bond acceptors (Lipinski definition) is 3. The number of aliphatic hydroxyl groups excluding tert-OH is 1. The molecular weight excluding hydrogens is 281 g/mol. The molecule has 0 aliphatic heterocycles. The zero-order valence-corrected chi connectivity index (χ0v) is 11.6. The molecule has 20 heavy (non-hydrogen) atoms. The van der Waals surface area contributed by atoms with Crippen molar-refractivity contribution in [2.24, 2.45) is 0 Å².